The van der Waals surface area contributed by atoms with Crippen molar-refractivity contribution in [1.82, 2.24) is 4.98 Å². The number of carbonyl (C=O) groups excluding carboxylic acids is 1. The number of hydrogen-bond acceptors (Lipinski definition) is 6. The van der Waals surface area contributed by atoms with Crippen molar-refractivity contribution < 1.29 is 18.9 Å². The highest BCUT2D eigenvalue weighted by Gasteiger charge is 2.16. The van der Waals surface area contributed by atoms with Crippen LogP contribution in [0.1, 0.15) is 16.3 Å². The summed E-state index contributed by atoms with van der Waals surface area (Å²) in [6, 6.07) is 12.5. The lowest BCUT2D eigenvalue weighted by atomic mass is 10.3. The fourth-order valence-corrected chi connectivity index (χ4v) is 2.09. The standard InChI is InChI=1S/C17H13N3O5/c21-17(19-12-4-3-9-18-10-12)16-8-7-13(25-16)11-24-15-6-2-1-5-14(15)20(22)23/h1-10H,11H2,(H,19,21). The Morgan fingerprint density at radius 3 is 2.80 bits per heavy atom. The van der Waals surface area contributed by atoms with Crippen molar-refractivity contribution >= 4 is 17.3 Å². The van der Waals surface area contributed by atoms with Gasteiger partial charge in [-0.25, -0.2) is 0 Å². The van der Waals surface area contributed by atoms with E-state index in [1.54, 1.807) is 36.5 Å². The lowest BCUT2D eigenvalue weighted by Crippen LogP contribution is -2.10. The molecule has 2 aromatic heterocycles. The molecule has 0 atom stereocenters. The molecule has 0 fully saturated rings. The summed E-state index contributed by atoms with van der Waals surface area (Å²) in [5.74, 6) is 0.176. The molecule has 0 aliphatic heterocycles. The van der Waals surface area contributed by atoms with E-state index in [4.69, 9.17) is 9.15 Å². The number of para-hydroxylation sites is 2. The zero-order valence-electron chi connectivity index (χ0n) is 12.9. The fourth-order valence-electron chi connectivity index (χ4n) is 2.09. The van der Waals surface area contributed by atoms with E-state index in [0.29, 0.717) is 11.4 Å². The molecule has 1 N–H and O–H groups in total. The van der Waals surface area contributed by atoms with Gasteiger partial charge in [-0.05, 0) is 30.3 Å². The molecule has 0 saturated heterocycles. The van der Waals surface area contributed by atoms with Crippen molar-refractivity contribution in [3.63, 3.8) is 0 Å². The van der Waals surface area contributed by atoms with E-state index in [-0.39, 0.29) is 23.8 Å². The van der Waals surface area contributed by atoms with E-state index in [1.807, 2.05) is 0 Å². The minimum Gasteiger partial charge on any atom is -0.479 e. The summed E-state index contributed by atoms with van der Waals surface area (Å²) in [6.45, 7) is -0.0367. The molecule has 126 valence electrons. The van der Waals surface area contributed by atoms with Gasteiger partial charge in [0.2, 0.25) is 0 Å². The first-order chi connectivity index (χ1) is 12.1. The molecule has 0 radical (unpaired) electrons. The predicted octanol–water partition coefficient (Wildman–Crippen LogP) is 3.41. The number of ether oxygens (including phenoxy) is 1. The Kier molecular flexibility index (Phi) is 4.70. The number of hydrogen-bond donors (Lipinski definition) is 1. The topological polar surface area (TPSA) is 108 Å². The zero-order valence-corrected chi connectivity index (χ0v) is 12.9. The third-order valence-electron chi connectivity index (χ3n) is 3.24. The number of nitrogens with zero attached hydrogens (tertiary/aromatic N) is 2. The van der Waals surface area contributed by atoms with Crippen LogP contribution in [0.4, 0.5) is 11.4 Å². The molecule has 8 heteroatoms. The molecule has 2 heterocycles. The lowest BCUT2D eigenvalue weighted by Gasteiger charge is -2.05. The first kappa shape index (κ1) is 16.2. The van der Waals surface area contributed by atoms with Gasteiger partial charge in [0.1, 0.15) is 12.4 Å². The summed E-state index contributed by atoms with van der Waals surface area (Å²) in [5.41, 5.74) is 0.408. The SMILES string of the molecule is O=C(Nc1cccnc1)c1ccc(COc2ccccc2[N+](=O)[O-])o1. The molecule has 3 rings (SSSR count). The number of nitrogens with one attached hydrogen (secondary N) is 1. The number of pyridine rings is 1. The van der Waals surface area contributed by atoms with Gasteiger partial charge in [0, 0.05) is 12.3 Å². The lowest BCUT2D eigenvalue weighted by molar-refractivity contribution is -0.386. The quantitative estimate of drug-likeness (QED) is 0.544. The molecule has 0 spiro atoms. The van der Waals surface area contributed by atoms with E-state index in [2.05, 4.69) is 10.3 Å². The third kappa shape index (κ3) is 3.99. The molecule has 1 amide bonds. The second-order valence-electron chi connectivity index (χ2n) is 4.98. The molecular formula is C17H13N3O5. The number of aromatic nitrogens is 1. The number of carbonyl (C=O) groups is 1. The number of rotatable bonds is 6. The average Bonchev–Trinajstić information content (AvgIpc) is 3.10. The number of furan rings is 1. The van der Waals surface area contributed by atoms with Crippen LogP contribution in [0.5, 0.6) is 5.75 Å². The van der Waals surface area contributed by atoms with Gasteiger partial charge in [-0.2, -0.15) is 0 Å². The van der Waals surface area contributed by atoms with Crippen molar-refractivity contribution in [2.75, 3.05) is 5.32 Å². The molecule has 3 aromatic rings. The maximum atomic E-state index is 12.1. The average molecular weight is 339 g/mol. The van der Waals surface area contributed by atoms with Crippen LogP contribution in [0, 0.1) is 10.1 Å². The first-order valence-electron chi connectivity index (χ1n) is 7.30. The largest absolute Gasteiger partial charge is 0.479 e. The van der Waals surface area contributed by atoms with Gasteiger partial charge < -0.3 is 14.5 Å². The van der Waals surface area contributed by atoms with Crippen LogP contribution in [0.2, 0.25) is 0 Å². The van der Waals surface area contributed by atoms with Gasteiger partial charge in [-0.3, -0.25) is 19.9 Å². The number of amides is 1. The summed E-state index contributed by atoms with van der Waals surface area (Å²) in [5, 5.41) is 13.6. The Balaban J connectivity index is 1.64. The van der Waals surface area contributed by atoms with Gasteiger partial charge in [0.05, 0.1) is 16.8 Å². The van der Waals surface area contributed by atoms with Crippen LogP contribution in [-0.2, 0) is 6.61 Å². The van der Waals surface area contributed by atoms with Crippen molar-refractivity contribution in [2.45, 2.75) is 6.61 Å². The Bertz CT molecular complexity index is 892. The second-order valence-corrected chi connectivity index (χ2v) is 4.98. The molecule has 25 heavy (non-hydrogen) atoms. The van der Waals surface area contributed by atoms with E-state index in [1.165, 1.54) is 24.4 Å². The van der Waals surface area contributed by atoms with E-state index >= 15 is 0 Å². The van der Waals surface area contributed by atoms with Gasteiger partial charge in [-0.1, -0.05) is 12.1 Å². The highest BCUT2D eigenvalue weighted by atomic mass is 16.6. The Labute approximate surface area is 142 Å². The van der Waals surface area contributed by atoms with Gasteiger partial charge in [0.15, 0.2) is 11.5 Å². The monoisotopic (exact) mass is 339 g/mol. The Hall–Kier alpha value is -3.68. The molecular weight excluding hydrogens is 326 g/mol. The highest BCUT2D eigenvalue weighted by Crippen LogP contribution is 2.26. The molecule has 8 nitrogen and oxygen atoms in total. The Morgan fingerprint density at radius 2 is 2.04 bits per heavy atom. The van der Waals surface area contributed by atoms with E-state index in [0.717, 1.165) is 0 Å². The third-order valence-corrected chi connectivity index (χ3v) is 3.24. The maximum absolute atomic E-state index is 12.1. The number of nitro benzene ring substituents is 1. The summed E-state index contributed by atoms with van der Waals surface area (Å²) < 4.78 is 10.8. The molecule has 0 unspecified atom stereocenters. The van der Waals surface area contributed by atoms with Crippen LogP contribution in [0.15, 0.2) is 65.3 Å². The molecule has 0 aliphatic carbocycles. The maximum Gasteiger partial charge on any atom is 0.310 e. The second kappa shape index (κ2) is 7.26. The molecule has 0 bridgehead atoms. The van der Waals surface area contributed by atoms with Gasteiger partial charge >= 0.3 is 5.69 Å². The number of anilines is 1. The normalized spacial score (nSPS) is 10.2. The van der Waals surface area contributed by atoms with Crippen molar-refractivity contribution in [1.29, 1.82) is 0 Å². The molecule has 1 aromatic carbocycles. The predicted molar refractivity (Wildman–Crippen MR) is 88.3 cm³/mol. The molecule has 0 saturated carbocycles. The highest BCUT2D eigenvalue weighted by molar-refractivity contribution is 6.02. The smallest absolute Gasteiger partial charge is 0.310 e. The van der Waals surface area contributed by atoms with Crippen LogP contribution < -0.4 is 10.1 Å². The number of nitro groups is 1. The molecule has 0 aliphatic rings. The minimum absolute atomic E-state index is 0.0367. The number of benzene rings is 1. The summed E-state index contributed by atoms with van der Waals surface area (Å²) >= 11 is 0. The van der Waals surface area contributed by atoms with Gasteiger partial charge in [-0.15, -0.1) is 0 Å². The van der Waals surface area contributed by atoms with E-state index < -0.39 is 10.8 Å². The summed E-state index contributed by atoms with van der Waals surface area (Å²) in [7, 11) is 0. The zero-order chi connectivity index (χ0) is 17.6. The van der Waals surface area contributed by atoms with E-state index in [9.17, 15) is 14.9 Å². The van der Waals surface area contributed by atoms with Gasteiger partial charge in [0.25, 0.3) is 5.91 Å². The van der Waals surface area contributed by atoms with Crippen LogP contribution in [0.3, 0.4) is 0 Å². The van der Waals surface area contributed by atoms with Crippen molar-refractivity contribution in [3.05, 3.63) is 82.6 Å². The van der Waals surface area contributed by atoms with Crippen molar-refractivity contribution in [3.8, 4) is 5.75 Å². The summed E-state index contributed by atoms with van der Waals surface area (Å²) in [6.07, 6.45) is 3.11. The van der Waals surface area contributed by atoms with Crippen LogP contribution in [-0.4, -0.2) is 15.8 Å². The first-order valence-corrected chi connectivity index (χ1v) is 7.30. The fraction of sp³-hybridized carbons (Fsp3) is 0.0588. The minimum atomic E-state index is -0.524. The van der Waals surface area contributed by atoms with Crippen molar-refractivity contribution in [2.24, 2.45) is 0 Å². The van der Waals surface area contributed by atoms with Crippen LogP contribution >= 0.6 is 0 Å². The summed E-state index contributed by atoms with van der Waals surface area (Å²) in [4.78, 5) is 26.4. The van der Waals surface area contributed by atoms with Crippen LogP contribution in [0.25, 0.3) is 0 Å². The Morgan fingerprint density at radius 1 is 1.20 bits per heavy atom.